The van der Waals surface area contributed by atoms with Gasteiger partial charge in [-0.1, -0.05) is 0 Å². The van der Waals surface area contributed by atoms with Gasteiger partial charge in [-0.15, -0.1) is 5.10 Å². The highest BCUT2D eigenvalue weighted by molar-refractivity contribution is 5.84. The number of H-pyrrole nitrogens is 1. The zero-order valence-electron chi connectivity index (χ0n) is 16.5. The van der Waals surface area contributed by atoms with E-state index in [2.05, 4.69) is 25.2 Å². The first-order valence-corrected chi connectivity index (χ1v) is 9.61. The second-order valence-electron chi connectivity index (χ2n) is 7.22. The summed E-state index contributed by atoms with van der Waals surface area (Å²) < 4.78 is 35.2. The molecule has 0 aliphatic carbocycles. The zero-order valence-corrected chi connectivity index (χ0v) is 16.5. The van der Waals surface area contributed by atoms with Crippen LogP contribution in [-0.4, -0.2) is 60.4 Å². The van der Waals surface area contributed by atoms with E-state index in [0.29, 0.717) is 64.2 Å². The molecule has 11 heteroatoms. The molecule has 1 aliphatic heterocycles. The summed E-state index contributed by atoms with van der Waals surface area (Å²) in [7, 11) is 0. The van der Waals surface area contributed by atoms with Crippen molar-refractivity contribution < 1.29 is 13.5 Å². The van der Waals surface area contributed by atoms with Crippen molar-refractivity contribution in [2.24, 2.45) is 0 Å². The average Bonchev–Trinajstić information content (AvgIpc) is 3.48. The summed E-state index contributed by atoms with van der Waals surface area (Å²) in [4.78, 5) is 6.76. The van der Waals surface area contributed by atoms with Crippen LogP contribution in [0.2, 0.25) is 0 Å². The fourth-order valence-corrected chi connectivity index (χ4v) is 3.89. The molecule has 30 heavy (non-hydrogen) atoms. The summed E-state index contributed by atoms with van der Waals surface area (Å²) in [5.41, 5.74) is 2.90. The number of imidazole rings is 1. The molecule has 1 aliphatic rings. The van der Waals surface area contributed by atoms with Gasteiger partial charge in [0, 0.05) is 24.5 Å². The highest BCUT2D eigenvalue weighted by Gasteiger charge is 2.26. The molecular formula is C19H20F2N8O. The average molecular weight is 414 g/mol. The maximum atomic E-state index is 13.6. The third-order valence-corrected chi connectivity index (χ3v) is 5.29. The number of aromatic amines is 1. The van der Waals surface area contributed by atoms with Crippen LogP contribution in [0.15, 0.2) is 30.6 Å². The number of fused-ring (bicyclic) bond motifs is 1. The monoisotopic (exact) mass is 414 g/mol. The van der Waals surface area contributed by atoms with Gasteiger partial charge in [0.05, 0.1) is 36.2 Å². The Hall–Kier alpha value is -3.34. The molecule has 4 aromatic heterocycles. The lowest BCUT2D eigenvalue weighted by Crippen LogP contribution is -2.44. The van der Waals surface area contributed by atoms with Gasteiger partial charge < -0.3 is 9.64 Å². The highest BCUT2D eigenvalue weighted by atomic mass is 19.3. The summed E-state index contributed by atoms with van der Waals surface area (Å²) in [5, 5.41) is 15.5. The molecule has 0 saturated carbocycles. The van der Waals surface area contributed by atoms with Crippen molar-refractivity contribution in [1.29, 1.82) is 0 Å². The predicted octanol–water partition coefficient (Wildman–Crippen LogP) is 2.91. The van der Waals surface area contributed by atoms with Crippen molar-refractivity contribution in [3.63, 3.8) is 0 Å². The van der Waals surface area contributed by atoms with Gasteiger partial charge in [-0.05, 0) is 32.0 Å². The number of nitrogens with one attached hydrogen (secondary N) is 1. The molecule has 156 valence electrons. The number of halogens is 2. The number of ether oxygens (including phenoxy) is 1. The quantitative estimate of drug-likeness (QED) is 0.552. The lowest BCUT2D eigenvalue weighted by atomic mass is 10.1. The van der Waals surface area contributed by atoms with E-state index in [1.807, 2.05) is 19.9 Å². The number of rotatable bonds is 4. The van der Waals surface area contributed by atoms with Gasteiger partial charge in [-0.25, -0.2) is 14.2 Å². The van der Waals surface area contributed by atoms with Crippen molar-refractivity contribution >= 4 is 11.3 Å². The summed E-state index contributed by atoms with van der Waals surface area (Å²) in [6, 6.07) is 5.30. The topological polar surface area (TPSA) is 89.2 Å². The van der Waals surface area contributed by atoms with Crippen molar-refractivity contribution in [3.8, 4) is 22.8 Å². The molecule has 1 N–H and O–H groups in total. The normalized spacial score (nSPS) is 17.4. The molecule has 0 unspecified atom stereocenters. The van der Waals surface area contributed by atoms with Crippen molar-refractivity contribution in [1.82, 2.24) is 34.6 Å². The Labute approximate surface area is 170 Å². The van der Waals surface area contributed by atoms with E-state index in [-0.39, 0.29) is 6.04 Å². The van der Waals surface area contributed by atoms with Crippen LogP contribution in [-0.2, 0) is 4.74 Å². The van der Waals surface area contributed by atoms with E-state index in [1.165, 1.54) is 6.20 Å². The number of morpholine rings is 1. The van der Waals surface area contributed by atoms with E-state index in [9.17, 15) is 8.78 Å². The number of hydrogen-bond acceptors (Lipinski definition) is 6. The number of aryl methyl sites for hydroxylation is 1. The minimum atomic E-state index is -2.76. The number of aromatic nitrogens is 7. The third kappa shape index (κ3) is 2.93. The summed E-state index contributed by atoms with van der Waals surface area (Å²) in [5.74, 6) is 1.22. The van der Waals surface area contributed by atoms with Gasteiger partial charge in [0.1, 0.15) is 5.69 Å². The van der Waals surface area contributed by atoms with Crippen LogP contribution in [0.25, 0.3) is 28.3 Å². The molecule has 0 spiro atoms. The van der Waals surface area contributed by atoms with Crippen molar-refractivity contribution in [3.05, 3.63) is 36.3 Å². The molecular weight excluding hydrogens is 394 g/mol. The Bertz CT molecular complexity index is 1180. The molecule has 1 saturated heterocycles. The van der Waals surface area contributed by atoms with Gasteiger partial charge in [0.2, 0.25) is 0 Å². The van der Waals surface area contributed by atoms with E-state index in [0.717, 1.165) is 0 Å². The van der Waals surface area contributed by atoms with E-state index >= 15 is 0 Å². The SMILES string of the molecule is Cc1nc(-c2ccn[nH]2)n2nc(N3CCOC[C@H]3C)cc(-c3ccnn3C(F)F)c12. The molecule has 4 aromatic rings. The van der Waals surface area contributed by atoms with Crippen LogP contribution in [0.1, 0.15) is 19.2 Å². The Balaban J connectivity index is 1.80. The van der Waals surface area contributed by atoms with Crippen LogP contribution < -0.4 is 4.90 Å². The maximum Gasteiger partial charge on any atom is 0.333 e. The molecule has 0 radical (unpaired) electrons. The van der Waals surface area contributed by atoms with Crippen LogP contribution in [0.3, 0.4) is 0 Å². The minimum Gasteiger partial charge on any atom is -0.377 e. The minimum absolute atomic E-state index is 0.0942. The molecule has 1 atom stereocenters. The lowest BCUT2D eigenvalue weighted by molar-refractivity contribution is 0.0585. The Kier molecular flexibility index (Phi) is 4.46. The number of nitrogens with zero attached hydrogens (tertiary/aromatic N) is 7. The van der Waals surface area contributed by atoms with Gasteiger partial charge in [-0.3, -0.25) is 5.10 Å². The smallest absolute Gasteiger partial charge is 0.333 e. The van der Waals surface area contributed by atoms with E-state index < -0.39 is 6.55 Å². The largest absolute Gasteiger partial charge is 0.377 e. The summed E-state index contributed by atoms with van der Waals surface area (Å²) in [6.07, 6.45) is 3.00. The number of alkyl halides is 2. The molecule has 0 amide bonds. The molecule has 9 nitrogen and oxygen atoms in total. The predicted molar refractivity (Wildman–Crippen MR) is 105 cm³/mol. The fourth-order valence-electron chi connectivity index (χ4n) is 3.89. The second kappa shape index (κ2) is 7.17. The fraction of sp³-hybridized carbons (Fsp3) is 0.368. The Morgan fingerprint density at radius 1 is 1.27 bits per heavy atom. The van der Waals surface area contributed by atoms with Crippen LogP contribution >= 0.6 is 0 Å². The third-order valence-electron chi connectivity index (χ3n) is 5.29. The molecule has 0 aromatic carbocycles. The highest BCUT2D eigenvalue weighted by Crippen LogP contribution is 2.34. The first-order valence-electron chi connectivity index (χ1n) is 9.61. The molecule has 1 fully saturated rings. The zero-order chi connectivity index (χ0) is 20.8. The standard InChI is InChI=1S/C19H20F2N8O/c1-11-10-30-8-7-27(11)16-9-13(15-4-6-23-28(15)19(20)21)17-12(2)24-18(29(17)26-16)14-3-5-22-25-14/h3-6,9,11,19H,7-8,10H2,1-2H3,(H,22,25)/t11-/m1/s1. The Morgan fingerprint density at radius 2 is 2.13 bits per heavy atom. The van der Waals surface area contributed by atoms with Gasteiger partial charge >= 0.3 is 6.55 Å². The number of hydrogen-bond donors (Lipinski definition) is 1. The van der Waals surface area contributed by atoms with Gasteiger partial charge in [0.25, 0.3) is 0 Å². The van der Waals surface area contributed by atoms with E-state index in [4.69, 9.17) is 9.84 Å². The van der Waals surface area contributed by atoms with Crippen molar-refractivity contribution in [2.75, 3.05) is 24.7 Å². The Morgan fingerprint density at radius 3 is 2.87 bits per heavy atom. The van der Waals surface area contributed by atoms with Gasteiger partial charge in [0.15, 0.2) is 11.6 Å². The molecule has 0 bridgehead atoms. The van der Waals surface area contributed by atoms with Crippen LogP contribution in [0.5, 0.6) is 0 Å². The van der Waals surface area contributed by atoms with E-state index in [1.54, 1.807) is 22.8 Å². The first kappa shape index (κ1) is 18.7. The molecule has 5 rings (SSSR count). The first-order chi connectivity index (χ1) is 14.5. The van der Waals surface area contributed by atoms with Crippen LogP contribution in [0, 0.1) is 6.92 Å². The van der Waals surface area contributed by atoms with Crippen LogP contribution in [0.4, 0.5) is 14.6 Å². The maximum absolute atomic E-state index is 13.6. The lowest BCUT2D eigenvalue weighted by Gasteiger charge is -2.34. The van der Waals surface area contributed by atoms with Gasteiger partial charge in [-0.2, -0.15) is 19.0 Å². The molecule has 5 heterocycles. The second-order valence-corrected chi connectivity index (χ2v) is 7.22. The summed E-state index contributed by atoms with van der Waals surface area (Å²) >= 11 is 0. The van der Waals surface area contributed by atoms with Crippen molar-refractivity contribution in [2.45, 2.75) is 26.4 Å². The summed E-state index contributed by atoms with van der Waals surface area (Å²) in [6.45, 7) is 2.92. The number of anilines is 1.